The van der Waals surface area contributed by atoms with Crippen LogP contribution in [0.1, 0.15) is 58.3 Å². The van der Waals surface area contributed by atoms with Crippen LogP contribution in [0.3, 0.4) is 0 Å². The zero-order valence-corrected chi connectivity index (χ0v) is 25.6. The van der Waals surface area contributed by atoms with Gasteiger partial charge in [-0.15, -0.1) is 0 Å². The number of aryl methyl sites for hydroxylation is 4. The molecule has 212 valence electrons. The molecule has 2 aromatic heterocycles. The number of thiocarbonyl (C=S) groups is 1. The van der Waals surface area contributed by atoms with Gasteiger partial charge in [-0.05, 0) is 117 Å². The maximum absolute atomic E-state index is 6.20. The number of para-hydroxylation sites is 2. The molecular formula is C36H36N4OS. The van der Waals surface area contributed by atoms with Gasteiger partial charge in [0, 0.05) is 23.3 Å². The predicted molar refractivity (Wildman–Crippen MR) is 175 cm³/mol. The number of nitrogens with one attached hydrogen (secondary N) is 1. The van der Waals surface area contributed by atoms with Gasteiger partial charge in [0.2, 0.25) is 0 Å². The van der Waals surface area contributed by atoms with Gasteiger partial charge in [-0.1, -0.05) is 49.4 Å². The van der Waals surface area contributed by atoms with E-state index in [1.807, 2.05) is 48.7 Å². The fourth-order valence-electron chi connectivity index (χ4n) is 6.18. The van der Waals surface area contributed by atoms with Crippen molar-refractivity contribution in [2.24, 2.45) is 0 Å². The van der Waals surface area contributed by atoms with Gasteiger partial charge in [0.1, 0.15) is 11.5 Å². The zero-order chi connectivity index (χ0) is 29.4. The second kappa shape index (κ2) is 11.5. The van der Waals surface area contributed by atoms with Crippen molar-refractivity contribution in [1.82, 2.24) is 14.9 Å². The Morgan fingerprint density at radius 1 is 0.857 bits per heavy atom. The molecule has 3 heterocycles. The molecule has 2 atom stereocenters. The molecule has 1 N–H and O–H groups in total. The van der Waals surface area contributed by atoms with E-state index in [9.17, 15) is 0 Å². The summed E-state index contributed by atoms with van der Waals surface area (Å²) >= 11 is 6.02. The van der Waals surface area contributed by atoms with Crippen molar-refractivity contribution < 1.29 is 4.74 Å². The zero-order valence-electron chi connectivity index (χ0n) is 24.8. The van der Waals surface area contributed by atoms with Crippen molar-refractivity contribution in [3.8, 4) is 17.2 Å². The van der Waals surface area contributed by atoms with Crippen LogP contribution in [0.25, 0.3) is 5.69 Å². The van der Waals surface area contributed by atoms with E-state index in [2.05, 4.69) is 97.9 Å². The highest BCUT2D eigenvalue weighted by atomic mass is 32.1. The third-order valence-corrected chi connectivity index (χ3v) is 8.56. The van der Waals surface area contributed by atoms with Crippen LogP contribution >= 0.6 is 12.2 Å². The summed E-state index contributed by atoms with van der Waals surface area (Å²) in [4.78, 5) is 6.98. The van der Waals surface area contributed by atoms with Gasteiger partial charge in [0.15, 0.2) is 5.11 Å². The van der Waals surface area contributed by atoms with Gasteiger partial charge in [0.05, 0.1) is 23.5 Å². The molecule has 1 fully saturated rings. The number of anilines is 1. The van der Waals surface area contributed by atoms with E-state index in [1.54, 1.807) is 0 Å². The third kappa shape index (κ3) is 4.96. The number of hydrogen-bond acceptors (Lipinski definition) is 3. The van der Waals surface area contributed by atoms with Crippen molar-refractivity contribution in [2.75, 3.05) is 4.90 Å². The maximum atomic E-state index is 6.20. The minimum Gasteiger partial charge on any atom is -0.457 e. The topological polar surface area (TPSA) is 42.3 Å². The Kier molecular flexibility index (Phi) is 7.56. The van der Waals surface area contributed by atoms with Gasteiger partial charge in [-0.3, -0.25) is 4.98 Å². The summed E-state index contributed by atoms with van der Waals surface area (Å²) in [7, 11) is 0. The lowest BCUT2D eigenvalue weighted by Crippen LogP contribution is -2.29. The van der Waals surface area contributed by atoms with Gasteiger partial charge in [0.25, 0.3) is 0 Å². The quantitative estimate of drug-likeness (QED) is 0.198. The first-order valence-corrected chi connectivity index (χ1v) is 14.9. The lowest BCUT2D eigenvalue weighted by Gasteiger charge is -2.28. The molecule has 3 aromatic carbocycles. The molecule has 0 spiro atoms. The summed E-state index contributed by atoms with van der Waals surface area (Å²) in [5, 5.41) is 4.29. The molecule has 6 rings (SSSR count). The Balaban J connectivity index is 1.44. The molecule has 6 heteroatoms. The number of ether oxygens (including phenoxy) is 1. The van der Waals surface area contributed by atoms with Crippen LogP contribution in [0.2, 0.25) is 0 Å². The van der Waals surface area contributed by atoms with Crippen LogP contribution in [0, 0.1) is 27.7 Å². The summed E-state index contributed by atoms with van der Waals surface area (Å²) in [6.07, 6.45) is 2.82. The molecular weight excluding hydrogens is 536 g/mol. The Hall–Kier alpha value is -4.42. The van der Waals surface area contributed by atoms with Crippen LogP contribution in [0.4, 0.5) is 5.69 Å². The average Bonchev–Trinajstić information content (AvgIpc) is 3.49. The fraction of sp³-hybridized carbons (Fsp3) is 0.222. The second-order valence-corrected chi connectivity index (χ2v) is 11.3. The smallest absolute Gasteiger partial charge is 0.174 e. The van der Waals surface area contributed by atoms with E-state index in [4.69, 9.17) is 21.9 Å². The Morgan fingerprint density at radius 3 is 2.31 bits per heavy atom. The third-order valence-electron chi connectivity index (χ3n) is 8.25. The average molecular weight is 573 g/mol. The SMILES string of the molecule is CCc1cccc(C)c1-n1c(C)cc([C@@H]2[C@H](c3ccccn3)NC(=S)N2c2ccc(Oc3ccccc3C)cc2)c1C. The summed E-state index contributed by atoms with van der Waals surface area (Å²) in [6, 6.07) is 31.0. The Bertz CT molecular complexity index is 1740. The van der Waals surface area contributed by atoms with Crippen LogP contribution in [0.5, 0.6) is 11.5 Å². The van der Waals surface area contributed by atoms with E-state index in [-0.39, 0.29) is 12.1 Å². The first kappa shape index (κ1) is 27.7. The lowest BCUT2D eigenvalue weighted by atomic mass is 9.96. The largest absolute Gasteiger partial charge is 0.457 e. The van der Waals surface area contributed by atoms with Crippen molar-refractivity contribution >= 4 is 23.0 Å². The van der Waals surface area contributed by atoms with Crippen molar-refractivity contribution in [1.29, 1.82) is 0 Å². The van der Waals surface area contributed by atoms with Crippen LogP contribution < -0.4 is 15.0 Å². The number of nitrogens with zero attached hydrogens (tertiary/aromatic N) is 3. The van der Waals surface area contributed by atoms with Crippen LogP contribution in [-0.4, -0.2) is 14.7 Å². The highest BCUT2D eigenvalue weighted by molar-refractivity contribution is 7.80. The molecule has 1 aliphatic rings. The monoisotopic (exact) mass is 572 g/mol. The minimum atomic E-state index is -0.113. The Morgan fingerprint density at radius 2 is 1.60 bits per heavy atom. The second-order valence-electron chi connectivity index (χ2n) is 11.0. The molecule has 0 bridgehead atoms. The molecule has 0 saturated carbocycles. The highest BCUT2D eigenvalue weighted by Crippen LogP contribution is 2.44. The van der Waals surface area contributed by atoms with Gasteiger partial charge in [-0.25, -0.2) is 0 Å². The molecule has 42 heavy (non-hydrogen) atoms. The number of pyridine rings is 1. The van der Waals surface area contributed by atoms with E-state index < -0.39 is 0 Å². The fourth-order valence-corrected chi connectivity index (χ4v) is 6.52. The van der Waals surface area contributed by atoms with Crippen molar-refractivity contribution in [3.63, 3.8) is 0 Å². The van der Waals surface area contributed by atoms with E-state index in [0.29, 0.717) is 5.11 Å². The molecule has 5 nitrogen and oxygen atoms in total. The number of benzene rings is 3. The summed E-state index contributed by atoms with van der Waals surface area (Å²) in [5.41, 5.74) is 10.6. The van der Waals surface area contributed by atoms with E-state index in [1.165, 1.54) is 33.8 Å². The van der Waals surface area contributed by atoms with Gasteiger partial charge in [-0.2, -0.15) is 0 Å². The molecule has 0 amide bonds. The summed E-state index contributed by atoms with van der Waals surface area (Å²) in [5.74, 6) is 1.64. The number of rotatable bonds is 7. The number of aromatic nitrogens is 2. The van der Waals surface area contributed by atoms with Crippen LogP contribution in [0.15, 0.2) is 97.2 Å². The highest BCUT2D eigenvalue weighted by Gasteiger charge is 2.42. The standard InChI is InChI=1S/C36H36N4OS/c1-6-27-14-11-13-24(3)34(27)39-25(4)22-30(26(39)5)35-33(31-15-9-10-21-37-31)38-36(42)40(35)28-17-19-29(20-18-28)41-32-16-8-7-12-23(32)2/h7-22,33,35H,6H2,1-5H3,(H,38,42)/t33-,35+/m0/s1. The van der Waals surface area contributed by atoms with E-state index >= 15 is 0 Å². The summed E-state index contributed by atoms with van der Waals surface area (Å²) < 4.78 is 8.61. The van der Waals surface area contributed by atoms with Crippen molar-refractivity contribution in [3.05, 3.63) is 137 Å². The maximum Gasteiger partial charge on any atom is 0.174 e. The first-order valence-electron chi connectivity index (χ1n) is 14.5. The summed E-state index contributed by atoms with van der Waals surface area (Å²) in [6.45, 7) is 10.9. The van der Waals surface area contributed by atoms with Gasteiger partial charge < -0.3 is 19.5 Å². The minimum absolute atomic E-state index is 0.0930. The molecule has 0 unspecified atom stereocenters. The molecule has 0 aliphatic carbocycles. The van der Waals surface area contributed by atoms with Crippen molar-refractivity contribution in [2.45, 2.75) is 53.1 Å². The number of hydrogen-bond donors (Lipinski definition) is 1. The predicted octanol–water partition coefficient (Wildman–Crippen LogP) is 8.64. The van der Waals surface area contributed by atoms with Crippen LogP contribution in [-0.2, 0) is 6.42 Å². The molecule has 5 aromatic rings. The lowest BCUT2D eigenvalue weighted by molar-refractivity contribution is 0.479. The van der Waals surface area contributed by atoms with E-state index in [0.717, 1.165) is 34.9 Å². The Labute approximate surface area is 253 Å². The van der Waals surface area contributed by atoms with Gasteiger partial charge >= 0.3 is 0 Å². The first-order chi connectivity index (χ1) is 20.4. The normalized spacial score (nSPS) is 16.5. The molecule has 0 radical (unpaired) electrons. The molecule has 1 saturated heterocycles. The molecule has 1 aliphatic heterocycles.